The molecule has 0 aromatic heterocycles. The molecule has 90 valence electrons. The summed E-state index contributed by atoms with van der Waals surface area (Å²) in [6, 6.07) is 5.33. The van der Waals surface area contributed by atoms with Gasteiger partial charge in [-0.1, -0.05) is 15.9 Å². The van der Waals surface area contributed by atoms with E-state index in [4.69, 9.17) is 11.6 Å². The van der Waals surface area contributed by atoms with E-state index in [9.17, 15) is 4.39 Å². The van der Waals surface area contributed by atoms with Gasteiger partial charge in [0.1, 0.15) is 5.82 Å². The molecule has 4 heteroatoms. The third-order valence-corrected chi connectivity index (χ3v) is 3.07. The number of rotatable bonds is 6. The molecular weight excluding hydrogens is 292 g/mol. The molecule has 0 aliphatic heterocycles. The van der Waals surface area contributed by atoms with Gasteiger partial charge in [0.25, 0.3) is 0 Å². The van der Waals surface area contributed by atoms with Crippen molar-refractivity contribution < 1.29 is 4.39 Å². The van der Waals surface area contributed by atoms with Crippen molar-refractivity contribution in [3.8, 4) is 0 Å². The number of hydrogen-bond acceptors (Lipinski definition) is 1. The van der Waals surface area contributed by atoms with E-state index in [0.29, 0.717) is 18.5 Å². The first-order chi connectivity index (χ1) is 7.61. The van der Waals surface area contributed by atoms with E-state index in [1.165, 1.54) is 6.07 Å². The Kier molecular flexibility index (Phi) is 6.32. The van der Waals surface area contributed by atoms with Crippen LogP contribution in [0, 0.1) is 5.82 Å². The number of nitrogens with one attached hydrogen (secondary N) is 1. The van der Waals surface area contributed by atoms with Crippen molar-refractivity contribution in [1.29, 1.82) is 0 Å². The molecule has 0 fully saturated rings. The number of halogens is 3. The Morgan fingerprint density at radius 2 is 2.19 bits per heavy atom. The van der Waals surface area contributed by atoms with Crippen LogP contribution in [0.25, 0.3) is 0 Å². The van der Waals surface area contributed by atoms with Crippen LogP contribution in [0.5, 0.6) is 0 Å². The van der Waals surface area contributed by atoms with Gasteiger partial charge in [0.15, 0.2) is 0 Å². The Labute approximate surface area is 110 Å². The highest BCUT2D eigenvalue weighted by Gasteiger charge is 2.03. The van der Waals surface area contributed by atoms with Crippen molar-refractivity contribution in [1.82, 2.24) is 5.32 Å². The predicted octanol–water partition coefficient (Wildman–Crippen LogP) is 4.09. The Hall–Kier alpha value is -0.120. The first kappa shape index (κ1) is 13.9. The fourth-order valence-electron chi connectivity index (χ4n) is 1.49. The van der Waals surface area contributed by atoms with Crippen LogP contribution in [0.15, 0.2) is 22.7 Å². The summed E-state index contributed by atoms with van der Waals surface area (Å²) < 4.78 is 13.9. The van der Waals surface area contributed by atoms with E-state index in [-0.39, 0.29) is 5.82 Å². The number of benzene rings is 1. The van der Waals surface area contributed by atoms with Gasteiger partial charge < -0.3 is 5.32 Å². The molecule has 1 N–H and O–H groups in total. The van der Waals surface area contributed by atoms with Crippen molar-refractivity contribution in [3.63, 3.8) is 0 Å². The maximum absolute atomic E-state index is 13.1. The second-order valence-corrected chi connectivity index (χ2v) is 5.18. The minimum absolute atomic E-state index is 0.209. The molecule has 0 spiro atoms. The van der Waals surface area contributed by atoms with Crippen LogP contribution in [0.4, 0.5) is 4.39 Å². The molecular formula is C12H16BrClFN. The van der Waals surface area contributed by atoms with Gasteiger partial charge in [-0.2, -0.15) is 0 Å². The molecule has 0 amide bonds. The number of alkyl halides is 1. The van der Waals surface area contributed by atoms with Crippen LogP contribution >= 0.6 is 27.5 Å². The van der Waals surface area contributed by atoms with Crippen LogP contribution in [0.2, 0.25) is 0 Å². The van der Waals surface area contributed by atoms with E-state index in [1.54, 1.807) is 6.07 Å². The molecule has 1 rings (SSSR count). The molecule has 0 aliphatic rings. The van der Waals surface area contributed by atoms with Crippen LogP contribution in [0.1, 0.15) is 25.3 Å². The number of hydrogen-bond donors (Lipinski definition) is 1. The quantitative estimate of drug-likeness (QED) is 0.781. The maximum atomic E-state index is 13.1. The molecule has 1 aromatic carbocycles. The summed E-state index contributed by atoms with van der Waals surface area (Å²) in [5.41, 5.74) is 0.949. The zero-order valence-electron chi connectivity index (χ0n) is 9.27. The minimum atomic E-state index is -0.209. The predicted molar refractivity (Wildman–Crippen MR) is 70.4 cm³/mol. The highest BCUT2D eigenvalue weighted by atomic mass is 79.9. The molecule has 0 bridgehead atoms. The summed E-state index contributed by atoms with van der Waals surface area (Å²) in [4.78, 5) is 0. The minimum Gasteiger partial charge on any atom is -0.310 e. The van der Waals surface area contributed by atoms with Crippen molar-refractivity contribution in [2.45, 2.75) is 32.4 Å². The average molecular weight is 309 g/mol. The van der Waals surface area contributed by atoms with Gasteiger partial charge in [0.2, 0.25) is 0 Å². The SMILES string of the molecule is CC(CCCCl)NCc1cc(F)cc(Br)c1. The van der Waals surface area contributed by atoms with Crippen molar-refractivity contribution >= 4 is 27.5 Å². The van der Waals surface area contributed by atoms with Crippen molar-refractivity contribution in [2.75, 3.05) is 5.88 Å². The Morgan fingerprint density at radius 3 is 2.81 bits per heavy atom. The molecule has 0 saturated carbocycles. The molecule has 0 aliphatic carbocycles. The lowest BCUT2D eigenvalue weighted by Gasteiger charge is -2.13. The molecule has 0 radical (unpaired) electrons. The Bertz CT molecular complexity index is 313. The molecule has 1 atom stereocenters. The van der Waals surface area contributed by atoms with Crippen LogP contribution in [0.3, 0.4) is 0 Å². The third kappa shape index (κ3) is 5.28. The van der Waals surface area contributed by atoms with Gasteiger partial charge in [0.05, 0.1) is 0 Å². The van der Waals surface area contributed by atoms with E-state index in [2.05, 4.69) is 28.2 Å². The van der Waals surface area contributed by atoms with Crippen molar-refractivity contribution in [2.24, 2.45) is 0 Å². The van der Waals surface area contributed by atoms with Gasteiger partial charge in [0, 0.05) is 22.9 Å². The van der Waals surface area contributed by atoms with Gasteiger partial charge in [-0.3, -0.25) is 0 Å². The second-order valence-electron chi connectivity index (χ2n) is 3.89. The van der Waals surface area contributed by atoms with E-state index in [1.807, 2.05) is 6.07 Å². The average Bonchev–Trinajstić information content (AvgIpc) is 2.22. The lowest BCUT2D eigenvalue weighted by Crippen LogP contribution is -2.25. The highest BCUT2D eigenvalue weighted by molar-refractivity contribution is 9.10. The molecule has 0 saturated heterocycles. The Balaban J connectivity index is 2.41. The molecule has 0 heterocycles. The zero-order chi connectivity index (χ0) is 12.0. The van der Waals surface area contributed by atoms with Crippen molar-refractivity contribution in [3.05, 3.63) is 34.1 Å². The summed E-state index contributed by atoms with van der Waals surface area (Å²) in [5.74, 6) is 0.483. The molecule has 1 nitrogen and oxygen atoms in total. The third-order valence-electron chi connectivity index (χ3n) is 2.35. The summed E-state index contributed by atoms with van der Waals surface area (Å²) >= 11 is 8.90. The first-order valence-electron chi connectivity index (χ1n) is 5.36. The largest absolute Gasteiger partial charge is 0.310 e. The van der Waals surface area contributed by atoms with Crippen LogP contribution in [-0.4, -0.2) is 11.9 Å². The molecule has 1 unspecified atom stereocenters. The van der Waals surface area contributed by atoms with Crippen LogP contribution < -0.4 is 5.32 Å². The fraction of sp³-hybridized carbons (Fsp3) is 0.500. The monoisotopic (exact) mass is 307 g/mol. The van der Waals surface area contributed by atoms with E-state index < -0.39 is 0 Å². The second kappa shape index (κ2) is 7.25. The first-order valence-corrected chi connectivity index (χ1v) is 6.69. The van der Waals surface area contributed by atoms with Gasteiger partial charge >= 0.3 is 0 Å². The fourth-order valence-corrected chi connectivity index (χ4v) is 2.16. The topological polar surface area (TPSA) is 12.0 Å². The van der Waals surface area contributed by atoms with E-state index in [0.717, 1.165) is 22.9 Å². The zero-order valence-corrected chi connectivity index (χ0v) is 11.6. The summed E-state index contributed by atoms with van der Waals surface area (Å²) in [6.45, 7) is 2.79. The lowest BCUT2D eigenvalue weighted by molar-refractivity contribution is 0.508. The molecule has 16 heavy (non-hydrogen) atoms. The normalized spacial score (nSPS) is 12.8. The summed E-state index contributed by atoms with van der Waals surface area (Å²) in [7, 11) is 0. The summed E-state index contributed by atoms with van der Waals surface area (Å²) in [6.07, 6.45) is 2.04. The summed E-state index contributed by atoms with van der Waals surface area (Å²) in [5, 5.41) is 3.34. The van der Waals surface area contributed by atoms with Gasteiger partial charge in [-0.15, -0.1) is 11.6 Å². The lowest BCUT2D eigenvalue weighted by atomic mass is 10.1. The van der Waals surface area contributed by atoms with Crippen LogP contribution in [-0.2, 0) is 6.54 Å². The van der Waals surface area contributed by atoms with Gasteiger partial charge in [-0.05, 0) is 43.5 Å². The Morgan fingerprint density at radius 1 is 1.44 bits per heavy atom. The van der Waals surface area contributed by atoms with Gasteiger partial charge in [-0.25, -0.2) is 4.39 Å². The highest BCUT2D eigenvalue weighted by Crippen LogP contribution is 2.15. The smallest absolute Gasteiger partial charge is 0.124 e. The standard InChI is InChI=1S/C12H16BrClFN/c1-9(3-2-4-14)16-8-10-5-11(13)7-12(15)6-10/h5-7,9,16H,2-4,8H2,1H3. The van der Waals surface area contributed by atoms with E-state index >= 15 is 0 Å². The maximum Gasteiger partial charge on any atom is 0.124 e. The molecule has 1 aromatic rings.